The van der Waals surface area contributed by atoms with E-state index in [1.807, 2.05) is 18.2 Å². The van der Waals surface area contributed by atoms with Gasteiger partial charge >= 0.3 is 5.97 Å². The first-order valence-electron chi connectivity index (χ1n) is 10.5. The number of rotatable bonds is 10. The van der Waals surface area contributed by atoms with E-state index in [2.05, 4.69) is 23.9 Å². The van der Waals surface area contributed by atoms with Gasteiger partial charge in [-0.25, -0.2) is 17.9 Å². The summed E-state index contributed by atoms with van der Waals surface area (Å²) < 4.78 is 37.3. The third-order valence-corrected chi connectivity index (χ3v) is 6.55. The molecular formula is C24H26N2O6S. The lowest BCUT2D eigenvalue weighted by Crippen LogP contribution is -2.23. The van der Waals surface area contributed by atoms with Gasteiger partial charge in [-0.15, -0.1) is 0 Å². The number of amides is 1. The minimum absolute atomic E-state index is 0.00833. The van der Waals surface area contributed by atoms with Gasteiger partial charge in [0.25, 0.3) is 5.91 Å². The molecule has 0 aliphatic heterocycles. The predicted molar refractivity (Wildman–Crippen MR) is 123 cm³/mol. The first kappa shape index (κ1) is 24.2. The van der Waals surface area contributed by atoms with Crippen LogP contribution < -0.4 is 10.0 Å². The lowest BCUT2D eigenvalue weighted by Gasteiger charge is -2.15. The molecule has 33 heavy (non-hydrogen) atoms. The van der Waals surface area contributed by atoms with Crippen molar-refractivity contribution in [3.05, 3.63) is 83.8 Å². The molecule has 1 heterocycles. The SMILES string of the molecule is CCC(C)c1ccccc1NC(=O)COC(=O)c1ccc(S(=O)(=O)NCc2ccco2)cc1. The molecule has 0 bridgehead atoms. The Hall–Kier alpha value is -3.43. The lowest BCUT2D eigenvalue weighted by molar-refractivity contribution is -0.119. The number of para-hydroxylation sites is 1. The first-order valence-corrected chi connectivity index (χ1v) is 12.0. The Morgan fingerprint density at radius 3 is 2.42 bits per heavy atom. The fraction of sp³-hybridized carbons (Fsp3) is 0.250. The van der Waals surface area contributed by atoms with Crippen molar-refractivity contribution in [1.29, 1.82) is 0 Å². The van der Waals surface area contributed by atoms with Crippen LogP contribution in [0.3, 0.4) is 0 Å². The average molecular weight is 471 g/mol. The van der Waals surface area contributed by atoms with Crippen molar-refractivity contribution in [1.82, 2.24) is 4.72 Å². The van der Waals surface area contributed by atoms with Crippen molar-refractivity contribution < 1.29 is 27.2 Å². The Labute approximate surface area is 193 Å². The number of hydrogen-bond acceptors (Lipinski definition) is 6. The molecule has 1 atom stereocenters. The molecule has 8 nitrogen and oxygen atoms in total. The van der Waals surface area contributed by atoms with Crippen LogP contribution in [0.25, 0.3) is 0 Å². The van der Waals surface area contributed by atoms with E-state index in [0.717, 1.165) is 12.0 Å². The standard InChI is InChI=1S/C24H26N2O6S/c1-3-17(2)21-8-4-5-9-22(21)26-23(27)16-32-24(28)18-10-12-20(13-11-18)33(29,30)25-15-19-7-6-14-31-19/h4-14,17,25H,3,15-16H2,1-2H3,(H,26,27). The second-order valence-electron chi connectivity index (χ2n) is 7.45. The van der Waals surface area contributed by atoms with Gasteiger partial charge in [0.1, 0.15) is 5.76 Å². The molecular weight excluding hydrogens is 444 g/mol. The quantitative estimate of drug-likeness (QED) is 0.432. The van der Waals surface area contributed by atoms with Crippen molar-refractivity contribution in [3.63, 3.8) is 0 Å². The highest BCUT2D eigenvalue weighted by atomic mass is 32.2. The average Bonchev–Trinajstić information content (AvgIpc) is 3.35. The maximum Gasteiger partial charge on any atom is 0.338 e. The number of ether oxygens (including phenoxy) is 1. The lowest BCUT2D eigenvalue weighted by atomic mass is 9.97. The number of carbonyl (C=O) groups is 2. The van der Waals surface area contributed by atoms with Crippen LogP contribution in [-0.4, -0.2) is 26.9 Å². The normalized spacial score (nSPS) is 12.2. The van der Waals surface area contributed by atoms with E-state index in [1.54, 1.807) is 18.2 Å². The van der Waals surface area contributed by atoms with Gasteiger partial charge < -0.3 is 14.5 Å². The van der Waals surface area contributed by atoms with Crippen molar-refractivity contribution in [3.8, 4) is 0 Å². The molecule has 0 spiro atoms. The molecule has 0 saturated carbocycles. The van der Waals surface area contributed by atoms with Crippen LogP contribution in [0.1, 0.15) is 47.9 Å². The van der Waals surface area contributed by atoms with Gasteiger partial charge in [0.2, 0.25) is 10.0 Å². The molecule has 0 radical (unpaired) electrons. The van der Waals surface area contributed by atoms with Crippen molar-refractivity contribution in [2.75, 3.05) is 11.9 Å². The number of esters is 1. The number of benzene rings is 2. The molecule has 174 valence electrons. The summed E-state index contributed by atoms with van der Waals surface area (Å²) in [5.74, 6) is -0.440. The van der Waals surface area contributed by atoms with Crippen LogP contribution in [0, 0.1) is 0 Å². The molecule has 3 rings (SSSR count). The molecule has 2 N–H and O–H groups in total. The van der Waals surface area contributed by atoms with E-state index in [1.165, 1.54) is 30.5 Å². The molecule has 3 aromatic rings. The summed E-state index contributed by atoms with van der Waals surface area (Å²) >= 11 is 0. The number of anilines is 1. The van der Waals surface area contributed by atoms with Crippen LogP contribution in [0.2, 0.25) is 0 Å². The molecule has 0 fully saturated rings. The van der Waals surface area contributed by atoms with E-state index in [-0.39, 0.29) is 22.9 Å². The Morgan fingerprint density at radius 2 is 1.76 bits per heavy atom. The van der Waals surface area contributed by atoms with Crippen molar-refractivity contribution in [2.45, 2.75) is 37.6 Å². The number of furan rings is 1. The summed E-state index contributed by atoms with van der Waals surface area (Å²) in [5, 5.41) is 2.78. The topological polar surface area (TPSA) is 115 Å². The third-order valence-electron chi connectivity index (χ3n) is 5.13. The highest BCUT2D eigenvalue weighted by Gasteiger charge is 2.17. The van der Waals surface area contributed by atoms with E-state index < -0.39 is 28.5 Å². The zero-order valence-corrected chi connectivity index (χ0v) is 19.2. The van der Waals surface area contributed by atoms with Crippen LogP contribution >= 0.6 is 0 Å². The van der Waals surface area contributed by atoms with Crippen LogP contribution in [0.4, 0.5) is 5.69 Å². The van der Waals surface area contributed by atoms with Crippen molar-refractivity contribution in [2.24, 2.45) is 0 Å². The van der Waals surface area contributed by atoms with Gasteiger partial charge in [-0.3, -0.25) is 4.79 Å². The third kappa shape index (κ3) is 6.53. The molecule has 0 aliphatic carbocycles. The number of hydrogen-bond donors (Lipinski definition) is 2. The first-order chi connectivity index (χ1) is 15.8. The summed E-state index contributed by atoms with van der Waals surface area (Å²) in [6.45, 7) is 3.69. The van der Waals surface area contributed by atoms with Crippen LogP contribution in [0.5, 0.6) is 0 Å². The number of nitrogens with one attached hydrogen (secondary N) is 2. The molecule has 1 unspecified atom stereocenters. The molecule has 0 saturated heterocycles. The summed E-state index contributed by atoms with van der Waals surface area (Å²) in [6, 6.07) is 16.1. The maximum absolute atomic E-state index is 12.4. The maximum atomic E-state index is 12.4. The minimum atomic E-state index is -3.78. The van der Waals surface area contributed by atoms with E-state index >= 15 is 0 Å². The second kappa shape index (κ2) is 10.9. The Kier molecular flexibility index (Phi) is 8.02. The van der Waals surface area contributed by atoms with Crippen LogP contribution in [0.15, 0.2) is 76.2 Å². The molecule has 1 amide bonds. The molecule has 1 aromatic heterocycles. The van der Waals surface area contributed by atoms with Gasteiger partial charge in [-0.05, 0) is 60.4 Å². The zero-order valence-electron chi connectivity index (χ0n) is 18.4. The monoisotopic (exact) mass is 470 g/mol. The molecule has 9 heteroatoms. The largest absolute Gasteiger partial charge is 0.468 e. The van der Waals surface area contributed by atoms with Gasteiger partial charge in [0.15, 0.2) is 6.61 Å². The summed E-state index contributed by atoms with van der Waals surface area (Å²) in [4.78, 5) is 24.6. The van der Waals surface area contributed by atoms with Crippen LogP contribution in [-0.2, 0) is 26.1 Å². The highest BCUT2D eigenvalue weighted by Crippen LogP contribution is 2.26. The Morgan fingerprint density at radius 1 is 1.03 bits per heavy atom. The summed E-state index contributed by atoms with van der Waals surface area (Å²) in [5.41, 5.74) is 1.83. The Balaban J connectivity index is 1.55. The van der Waals surface area contributed by atoms with Gasteiger partial charge in [-0.1, -0.05) is 32.0 Å². The smallest absolute Gasteiger partial charge is 0.338 e. The van der Waals surface area contributed by atoms with E-state index in [4.69, 9.17) is 9.15 Å². The van der Waals surface area contributed by atoms with E-state index in [0.29, 0.717) is 11.4 Å². The zero-order chi connectivity index (χ0) is 23.8. The number of sulfonamides is 1. The number of carbonyl (C=O) groups excluding carboxylic acids is 2. The van der Waals surface area contributed by atoms with E-state index in [9.17, 15) is 18.0 Å². The van der Waals surface area contributed by atoms with Gasteiger partial charge in [-0.2, -0.15) is 0 Å². The van der Waals surface area contributed by atoms with Gasteiger partial charge in [0, 0.05) is 5.69 Å². The highest BCUT2D eigenvalue weighted by molar-refractivity contribution is 7.89. The van der Waals surface area contributed by atoms with Crippen molar-refractivity contribution >= 4 is 27.6 Å². The van der Waals surface area contributed by atoms with Gasteiger partial charge in [0.05, 0.1) is 23.3 Å². The Bertz CT molecular complexity index is 1190. The minimum Gasteiger partial charge on any atom is -0.468 e. The predicted octanol–water partition coefficient (Wildman–Crippen LogP) is 4.07. The summed E-state index contributed by atoms with van der Waals surface area (Å²) in [6.07, 6.45) is 2.38. The fourth-order valence-corrected chi connectivity index (χ4v) is 4.09. The second-order valence-corrected chi connectivity index (χ2v) is 9.22. The molecule has 2 aromatic carbocycles. The summed E-state index contributed by atoms with van der Waals surface area (Å²) in [7, 11) is -3.78. The fourth-order valence-electron chi connectivity index (χ4n) is 3.09. The molecule has 0 aliphatic rings.